The van der Waals surface area contributed by atoms with Gasteiger partial charge in [-0.15, -0.1) is 0 Å². The maximum atomic E-state index is 11.2. The average Bonchev–Trinajstić information content (AvgIpc) is 2.75. The van der Waals surface area contributed by atoms with Crippen LogP contribution in [0.2, 0.25) is 0 Å². The third kappa shape index (κ3) is 2.72. The van der Waals surface area contributed by atoms with Crippen LogP contribution in [-0.2, 0) is 12.8 Å². The molecule has 1 heterocycles. The van der Waals surface area contributed by atoms with Gasteiger partial charge in [0.1, 0.15) is 11.4 Å². The van der Waals surface area contributed by atoms with Crippen LogP contribution in [0.25, 0.3) is 0 Å². The third-order valence-corrected chi connectivity index (χ3v) is 3.49. The van der Waals surface area contributed by atoms with Gasteiger partial charge >= 0.3 is 5.97 Å². The lowest BCUT2D eigenvalue weighted by molar-refractivity contribution is 0.0697. The van der Waals surface area contributed by atoms with Gasteiger partial charge in [0.25, 0.3) is 0 Å². The minimum absolute atomic E-state index is 0.298. The number of carboxylic acid groups (broad SMARTS) is 1. The second-order valence-electron chi connectivity index (χ2n) is 4.07. The van der Waals surface area contributed by atoms with Gasteiger partial charge < -0.3 is 10.4 Å². The number of aromatic carboxylic acids is 1. The zero-order chi connectivity index (χ0) is 12.3. The van der Waals surface area contributed by atoms with E-state index in [2.05, 4.69) is 10.3 Å². The number of carbonyl (C=O) groups is 1. The minimum atomic E-state index is -0.904. The molecule has 1 aromatic heterocycles. The number of anilines is 1. The number of rotatable bonds is 5. The summed E-state index contributed by atoms with van der Waals surface area (Å²) in [4.78, 5) is 15.6. The van der Waals surface area contributed by atoms with Gasteiger partial charge in [-0.1, -0.05) is 0 Å². The Morgan fingerprint density at radius 1 is 1.59 bits per heavy atom. The van der Waals surface area contributed by atoms with E-state index in [1.54, 1.807) is 17.8 Å². The molecule has 1 aliphatic carbocycles. The van der Waals surface area contributed by atoms with Crippen LogP contribution in [0.5, 0.6) is 0 Å². The van der Waals surface area contributed by atoms with Gasteiger partial charge in [-0.3, -0.25) is 0 Å². The second kappa shape index (κ2) is 5.40. The fourth-order valence-electron chi connectivity index (χ4n) is 2.04. The lowest BCUT2D eigenvalue weighted by Crippen LogP contribution is -2.12. The molecule has 92 valence electrons. The first-order chi connectivity index (χ1) is 8.22. The van der Waals surface area contributed by atoms with E-state index < -0.39 is 5.97 Å². The Labute approximate surface area is 105 Å². The van der Waals surface area contributed by atoms with Gasteiger partial charge in [-0.25, -0.2) is 9.78 Å². The first-order valence-electron chi connectivity index (χ1n) is 5.71. The number of aryl methyl sites for hydroxylation is 2. The van der Waals surface area contributed by atoms with Crippen LogP contribution in [0.3, 0.4) is 0 Å². The molecule has 1 aromatic rings. The second-order valence-corrected chi connectivity index (χ2v) is 5.05. The number of aromatic nitrogens is 1. The highest BCUT2D eigenvalue weighted by molar-refractivity contribution is 7.98. The monoisotopic (exact) mass is 252 g/mol. The molecule has 0 fully saturated rings. The summed E-state index contributed by atoms with van der Waals surface area (Å²) in [5, 5.41) is 12.3. The van der Waals surface area contributed by atoms with Crippen molar-refractivity contribution in [3.63, 3.8) is 0 Å². The van der Waals surface area contributed by atoms with Crippen molar-refractivity contribution >= 4 is 23.5 Å². The molecule has 0 saturated heterocycles. The number of carboxylic acids is 1. The van der Waals surface area contributed by atoms with E-state index >= 15 is 0 Å². The molecule has 17 heavy (non-hydrogen) atoms. The molecule has 0 saturated carbocycles. The Balaban J connectivity index is 2.25. The van der Waals surface area contributed by atoms with Crippen molar-refractivity contribution in [2.24, 2.45) is 0 Å². The van der Waals surface area contributed by atoms with Crippen molar-refractivity contribution in [3.8, 4) is 0 Å². The van der Waals surface area contributed by atoms with Crippen molar-refractivity contribution < 1.29 is 9.90 Å². The Bertz CT molecular complexity index is 435. The van der Waals surface area contributed by atoms with E-state index in [9.17, 15) is 4.79 Å². The molecular weight excluding hydrogens is 236 g/mol. The van der Waals surface area contributed by atoms with Gasteiger partial charge in [0.15, 0.2) is 0 Å². The molecule has 5 heteroatoms. The van der Waals surface area contributed by atoms with Crippen molar-refractivity contribution in [1.82, 2.24) is 4.98 Å². The van der Waals surface area contributed by atoms with E-state index in [1.165, 1.54) is 0 Å². The zero-order valence-electron chi connectivity index (χ0n) is 9.82. The van der Waals surface area contributed by atoms with E-state index in [0.29, 0.717) is 11.4 Å². The summed E-state index contributed by atoms with van der Waals surface area (Å²) in [6.45, 7) is 0.743. The van der Waals surface area contributed by atoms with Gasteiger partial charge in [-0.2, -0.15) is 11.8 Å². The first-order valence-corrected chi connectivity index (χ1v) is 7.10. The number of nitrogens with one attached hydrogen (secondary N) is 1. The summed E-state index contributed by atoms with van der Waals surface area (Å²) in [6, 6.07) is 1.78. The molecule has 0 amide bonds. The summed E-state index contributed by atoms with van der Waals surface area (Å²) in [5.74, 6) is 0.559. The largest absolute Gasteiger partial charge is 0.478 e. The highest BCUT2D eigenvalue weighted by Gasteiger charge is 2.19. The van der Waals surface area contributed by atoms with E-state index in [4.69, 9.17) is 5.11 Å². The fraction of sp³-hybridized carbons (Fsp3) is 0.500. The molecular formula is C12H16N2O2S. The first kappa shape index (κ1) is 12.2. The lowest BCUT2D eigenvalue weighted by atomic mass is 10.1. The van der Waals surface area contributed by atoms with Crippen molar-refractivity contribution in [3.05, 3.63) is 22.9 Å². The number of thioether (sulfide) groups is 1. The number of hydrogen-bond donors (Lipinski definition) is 2. The minimum Gasteiger partial charge on any atom is -0.478 e. The Hall–Kier alpha value is -1.23. The molecule has 0 atom stereocenters. The highest BCUT2D eigenvalue weighted by Crippen LogP contribution is 2.25. The van der Waals surface area contributed by atoms with Crippen molar-refractivity contribution in [2.45, 2.75) is 19.3 Å². The average molecular weight is 252 g/mol. The molecule has 4 nitrogen and oxygen atoms in total. The highest BCUT2D eigenvalue weighted by atomic mass is 32.2. The van der Waals surface area contributed by atoms with Crippen LogP contribution in [0.1, 0.15) is 28.0 Å². The summed E-state index contributed by atoms with van der Waals surface area (Å²) >= 11 is 1.72. The summed E-state index contributed by atoms with van der Waals surface area (Å²) in [7, 11) is 0. The van der Waals surface area contributed by atoms with Gasteiger partial charge in [-0.05, 0) is 37.1 Å². The third-order valence-electron chi connectivity index (χ3n) is 2.88. The summed E-state index contributed by atoms with van der Waals surface area (Å²) in [5.41, 5.74) is 2.45. The maximum absolute atomic E-state index is 11.2. The fourth-order valence-corrected chi connectivity index (χ4v) is 2.35. The quantitative estimate of drug-likeness (QED) is 0.785. The van der Waals surface area contributed by atoms with Crippen molar-refractivity contribution in [1.29, 1.82) is 0 Å². The standard InChI is InChI=1S/C12H16N2O2S/c1-17-6-5-13-11-9(12(15)16)7-8-3-2-4-10(8)14-11/h7H,2-6H2,1H3,(H,13,14)(H,15,16). The summed E-state index contributed by atoms with van der Waals surface area (Å²) < 4.78 is 0. The van der Waals surface area contributed by atoms with Crippen LogP contribution in [0.15, 0.2) is 6.07 Å². The summed E-state index contributed by atoms with van der Waals surface area (Å²) in [6.07, 6.45) is 5.02. The van der Waals surface area contributed by atoms with Crippen molar-refractivity contribution in [2.75, 3.05) is 23.9 Å². The molecule has 0 radical (unpaired) electrons. The molecule has 0 aromatic carbocycles. The van der Waals surface area contributed by atoms with Gasteiger partial charge in [0.2, 0.25) is 0 Å². The van der Waals surface area contributed by atoms with E-state index in [0.717, 1.165) is 42.8 Å². The molecule has 0 spiro atoms. The predicted molar refractivity (Wildman–Crippen MR) is 70.1 cm³/mol. The predicted octanol–water partition coefficient (Wildman–Crippen LogP) is 2.04. The lowest BCUT2D eigenvalue weighted by Gasteiger charge is -2.10. The van der Waals surface area contributed by atoms with Crippen LogP contribution in [-0.4, -0.2) is 34.6 Å². The van der Waals surface area contributed by atoms with Crippen LogP contribution >= 0.6 is 11.8 Å². The molecule has 1 aliphatic rings. The van der Waals surface area contributed by atoms with Gasteiger partial charge in [0.05, 0.1) is 0 Å². The molecule has 2 rings (SSSR count). The molecule has 0 unspecified atom stereocenters. The Morgan fingerprint density at radius 3 is 3.12 bits per heavy atom. The number of fused-ring (bicyclic) bond motifs is 1. The number of nitrogens with zero attached hydrogens (tertiary/aromatic N) is 1. The van der Waals surface area contributed by atoms with Crippen LogP contribution in [0.4, 0.5) is 5.82 Å². The van der Waals surface area contributed by atoms with Crippen LogP contribution in [0, 0.1) is 0 Å². The van der Waals surface area contributed by atoms with Crippen LogP contribution < -0.4 is 5.32 Å². The molecule has 0 bridgehead atoms. The normalized spacial score (nSPS) is 13.5. The maximum Gasteiger partial charge on any atom is 0.339 e. The van der Waals surface area contributed by atoms with E-state index in [-0.39, 0.29) is 0 Å². The smallest absolute Gasteiger partial charge is 0.339 e. The molecule has 2 N–H and O–H groups in total. The number of pyridine rings is 1. The number of hydrogen-bond acceptors (Lipinski definition) is 4. The SMILES string of the molecule is CSCCNc1nc2c(cc1C(=O)O)CCC2. The Morgan fingerprint density at radius 2 is 2.41 bits per heavy atom. The molecule has 0 aliphatic heterocycles. The topological polar surface area (TPSA) is 62.2 Å². The zero-order valence-corrected chi connectivity index (χ0v) is 10.6. The van der Waals surface area contributed by atoms with E-state index in [1.807, 2.05) is 6.26 Å². The Kier molecular flexibility index (Phi) is 3.89. The van der Waals surface area contributed by atoms with Gasteiger partial charge in [0, 0.05) is 18.0 Å².